The molecule has 0 fully saturated rings. The minimum absolute atomic E-state index is 0.0634. The quantitative estimate of drug-likeness (QED) is 0.768. The van der Waals surface area contributed by atoms with Crippen LogP contribution in [0.3, 0.4) is 0 Å². The average molecular weight is 333 g/mol. The second kappa shape index (κ2) is 7.58. The Morgan fingerprint density at radius 3 is 2.48 bits per heavy atom. The fourth-order valence-corrected chi connectivity index (χ4v) is 3.09. The van der Waals surface area contributed by atoms with Crippen LogP contribution in [0.25, 0.3) is 0 Å². The Labute approximate surface area is 133 Å². The van der Waals surface area contributed by atoms with Crippen molar-refractivity contribution < 1.29 is 8.42 Å². The Morgan fingerprint density at radius 1 is 1.24 bits per heavy atom. The van der Waals surface area contributed by atoms with E-state index in [0.29, 0.717) is 18.1 Å². The molecule has 0 atom stereocenters. The van der Waals surface area contributed by atoms with E-state index in [1.165, 1.54) is 0 Å². The summed E-state index contributed by atoms with van der Waals surface area (Å²) in [6.45, 7) is 9.88. The van der Waals surface area contributed by atoms with Crippen molar-refractivity contribution in [3.05, 3.63) is 28.8 Å². The van der Waals surface area contributed by atoms with Crippen molar-refractivity contribution in [2.24, 2.45) is 5.41 Å². The first-order valence-corrected chi connectivity index (χ1v) is 9.07. The van der Waals surface area contributed by atoms with Crippen molar-refractivity contribution >= 4 is 21.6 Å². The molecule has 0 radical (unpaired) electrons. The summed E-state index contributed by atoms with van der Waals surface area (Å²) < 4.78 is 27.4. The molecular weight excluding hydrogens is 308 g/mol. The molecule has 0 aliphatic heterocycles. The molecule has 0 aliphatic rings. The fraction of sp³-hybridized carbons (Fsp3) is 0.600. The van der Waals surface area contributed by atoms with Crippen molar-refractivity contribution in [2.75, 3.05) is 13.1 Å². The van der Waals surface area contributed by atoms with Gasteiger partial charge in [0.25, 0.3) is 0 Å². The predicted octanol–water partition coefficient (Wildman–Crippen LogP) is 3.16. The number of hydrogen-bond acceptors (Lipinski definition) is 3. The van der Waals surface area contributed by atoms with Crippen molar-refractivity contribution in [3.63, 3.8) is 0 Å². The van der Waals surface area contributed by atoms with Gasteiger partial charge in [0.15, 0.2) is 0 Å². The first kappa shape index (κ1) is 18.4. The van der Waals surface area contributed by atoms with Crippen LogP contribution in [0.1, 0.15) is 39.7 Å². The molecule has 6 heteroatoms. The highest BCUT2D eigenvalue weighted by Gasteiger charge is 2.21. The van der Waals surface area contributed by atoms with Gasteiger partial charge >= 0.3 is 0 Å². The number of rotatable bonds is 8. The van der Waals surface area contributed by atoms with Gasteiger partial charge in [-0.15, -0.1) is 0 Å². The molecule has 0 spiro atoms. The van der Waals surface area contributed by atoms with Crippen LogP contribution >= 0.6 is 11.6 Å². The van der Waals surface area contributed by atoms with Crippen LogP contribution in [0.15, 0.2) is 23.1 Å². The van der Waals surface area contributed by atoms with Crippen molar-refractivity contribution in [1.29, 1.82) is 0 Å². The third-order valence-electron chi connectivity index (χ3n) is 3.59. The van der Waals surface area contributed by atoms with Crippen LogP contribution in [0, 0.1) is 5.41 Å². The van der Waals surface area contributed by atoms with Gasteiger partial charge in [-0.3, -0.25) is 0 Å². The summed E-state index contributed by atoms with van der Waals surface area (Å²) in [5.74, 6) is 0. The Hall–Kier alpha value is -0.620. The highest BCUT2D eigenvalue weighted by atomic mass is 35.5. The Balaban J connectivity index is 2.93. The average Bonchev–Trinajstić information content (AvgIpc) is 2.44. The van der Waals surface area contributed by atoms with Crippen LogP contribution in [0.4, 0.5) is 0 Å². The molecule has 0 amide bonds. The molecule has 0 bridgehead atoms. The Morgan fingerprint density at radius 2 is 1.90 bits per heavy atom. The van der Waals surface area contributed by atoms with Gasteiger partial charge in [0.05, 0.1) is 4.90 Å². The SMILES string of the molecule is CCNCc1cc(S(=O)(=O)NCC(C)(C)CC)ccc1Cl. The third-order valence-corrected chi connectivity index (χ3v) is 5.36. The molecule has 1 aromatic carbocycles. The van der Waals surface area contributed by atoms with Crippen molar-refractivity contribution in [3.8, 4) is 0 Å². The molecule has 1 rings (SSSR count). The van der Waals surface area contributed by atoms with Gasteiger partial charge in [0, 0.05) is 18.1 Å². The molecule has 0 aliphatic carbocycles. The van der Waals surface area contributed by atoms with Crippen LogP contribution in [-0.2, 0) is 16.6 Å². The second-order valence-corrected chi connectivity index (χ2v) is 8.05. The lowest BCUT2D eigenvalue weighted by Crippen LogP contribution is -2.33. The van der Waals surface area contributed by atoms with Crippen molar-refractivity contribution in [2.45, 2.75) is 45.6 Å². The number of sulfonamides is 1. The minimum Gasteiger partial charge on any atom is -0.313 e. The van der Waals surface area contributed by atoms with Gasteiger partial charge in [-0.1, -0.05) is 39.3 Å². The van der Waals surface area contributed by atoms with Crippen LogP contribution in [-0.4, -0.2) is 21.5 Å². The molecule has 0 saturated heterocycles. The maximum Gasteiger partial charge on any atom is 0.240 e. The van der Waals surface area contributed by atoms with Gasteiger partial charge in [0.2, 0.25) is 10.0 Å². The first-order valence-electron chi connectivity index (χ1n) is 7.20. The Kier molecular flexibility index (Phi) is 6.66. The molecule has 2 N–H and O–H groups in total. The molecule has 4 nitrogen and oxygen atoms in total. The number of hydrogen-bond donors (Lipinski definition) is 2. The lowest BCUT2D eigenvalue weighted by Gasteiger charge is -2.22. The first-order chi connectivity index (χ1) is 9.72. The largest absolute Gasteiger partial charge is 0.313 e. The lowest BCUT2D eigenvalue weighted by atomic mass is 9.91. The summed E-state index contributed by atoms with van der Waals surface area (Å²) in [5, 5.41) is 3.72. The van der Waals surface area contributed by atoms with E-state index in [9.17, 15) is 8.42 Å². The van der Waals surface area contributed by atoms with E-state index in [1.807, 2.05) is 27.7 Å². The molecule has 0 saturated carbocycles. The zero-order chi connectivity index (χ0) is 16.1. The second-order valence-electron chi connectivity index (χ2n) is 5.88. The summed E-state index contributed by atoms with van der Waals surface area (Å²) in [6, 6.07) is 4.80. The van der Waals surface area contributed by atoms with Gasteiger partial charge in [-0.25, -0.2) is 13.1 Å². The minimum atomic E-state index is -3.50. The third kappa shape index (κ3) is 5.58. The lowest BCUT2D eigenvalue weighted by molar-refractivity contribution is 0.350. The van der Waals surface area contributed by atoms with E-state index in [2.05, 4.69) is 10.0 Å². The number of halogens is 1. The maximum atomic E-state index is 12.4. The van der Waals surface area contributed by atoms with Crippen LogP contribution in [0.2, 0.25) is 5.02 Å². The topological polar surface area (TPSA) is 58.2 Å². The number of nitrogens with one attached hydrogen (secondary N) is 2. The molecular formula is C15H25ClN2O2S. The fourth-order valence-electron chi connectivity index (χ4n) is 1.61. The smallest absolute Gasteiger partial charge is 0.240 e. The monoisotopic (exact) mass is 332 g/mol. The molecule has 120 valence electrons. The summed E-state index contributed by atoms with van der Waals surface area (Å²) in [5.41, 5.74) is 0.725. The normalized spacial score (nSPS) is 12.6. The van der Waals surface area contributed by atoms with Gasteiger partial charge < -0.3 is 5.32 Å². The van der Waals surface area contributed by atoms with E-state index in [-0.39, 0.29) is 10.3 Å². The summed E-state index contributed by atoms with van der Waals surface area (Å²) in [7, 11) is -3.50. The molecule has 1 aromatic rings. The maximum absolute atomic E-state index is 12.4. The van der Waals surface area contributed by atoms with Gasteiger partial charge in [-0.05, 0) is 42.1 Å². The van der Waals surface area contributed by atoms with E-state index < -0.39 is 10.0 Å². The van der Waals surface area contributed by atoms with Gasteiger partial charge in [0.1, 0.15) is 0 Å². The van der Waals surface area contributed by atoms with Crippen LogP contribution < -0.4 is 10.0 Å². The summed E-state index contributed by atoms with van der Waals surface area (Å²) >= 11 is 6.10. The predicted molar refractivity (Wildman–Crippen MR) is 88.1 cm³/mol. The Bertz CT molecular complexity index is 571. The van der Waals surface area contributed by atoms with E-state index >= 15 is 0 Å². The van der Waals surface area contributed by atoms with Crippen molar-refractivity contribution in [1.82, 2.24) is 10.0 Å². The summed E-state index contributed by atoms with van der Waals surface area (Å²) in [4.78, 5) is 0.256. The number of benzene rings is 1. The molecule has 0 unspecified atom stereocenters. The zero-order valence-corrected chi connectivity index (χ0v) is 14.7. The molecule has 21 heavy (non-hydrogen) atoms. The van der Waals surface area contributed by atoms with E-state index in [0.717, 1.165) is 18.5 Å². The van der Waals surface area contributed by atoms with Crippen LogP contribution in [0.5, 0.6) is 0 Å². The summed E-state index contributed by atoms with van der Waals surface area (Å²) in [6.07, 6.45) is 0.905. The highest BCUT2D eigenvalue weighted by Crippen LogP contribution is 2.22. The standard InChI is InChI=1S/C15H25ClN2O2S/c1-5-15(3,4)11-18-21(19,20)13-7-8-14(16)12(9-13)10-17-6-2/h7-9,17-18H,5-6,10-11H2,1-4H3. The van der Waals surface area contributed by atoms with E-state index in [4.69, 9.17) is 11.6 Å². The highest BCUT2D eigenvalue weighted by molar-refractivity contribution is 7.89. The molecule has 0 aromatic heterocycles. The zero-order valence-electron chi connectivity index (χ0n) is 13.2. The molecule has 0 heterocycles. The van der Waals surface area contributed by atoms with Gasteiger partial charge in [-0.2, -0.15) is 0 Å². The van der Waals surface area contributed by atoms with E-state index in [1.54, 1.807) is 18.2 Å².